The van der Waals surface area contributed by atoms with Gasteiger partial charge in [0, 0.05) is 16.6 Å². The van der Waals surface area contributed by atoms with Crippen molar-refractivity contribution in [3.05, 3.63) is 70.2 Å². The van der Waals surface area contributed by atoms with E-state index in [2.05, 4.69) is 33.2 Å². The third kappa shape index (κ3) is 2.79. The number of nitrogens with zero attached hydrogens (tertiary/aromatic N) is 4. The van der Waals surface area contributed by atoms with Gasteiger partial charge in [-0.2, -0.15) is 9.61 Å². The molecular weight excluding hydrogens is 368 g/mol. The lowest BCUT2D eigenvalue weighted by molar-refractivity contribution is 0.551. The highest BCUT2D eigenvalue weighted by molar-refractivity contribution is 7.16. The van der Waals surface area contributed by atoms with Crippen molar-refractivity contribution in [1.29, 1.82) is 0 Å². The monoisotopic (exact) mass is 382 g/mol. The van der Waals surface area contributed by atoms with E-state index in [0.29, 0.717) is 0 Å². The Kier molecular flexibility index (Phi) is 3.94. The second-order valence-electron chi connectivity index (χ2n) is 6.21. The molecule has 1 aliphatic heterocycles. The number of hydrogen-bond acceptors (Lipinski definition) is 6. The molecule has 26 heavy (non-hydrogen) atoms. The van der Waals surface area contributed by atoms with Crippen molar-refractivity contribution < 1.29 is 0 Å². The van der Waals surface area contributed by atoms with Crippen molar-refractivity contribution in [2.75, 3.05) is 0 Å². The van der Waals surface area contributed by atoms with Crippen molar-refractivity contribution in [1.82, 2.24) is 30.7 Å². The highest BCUT2D eigenvalue weighted by Crippen LogP contribution is 2.33. The zero-order valence-corrected chi connectivity index (χ0v) is 15.2. The molecule has 8 heteroatoms. The van der Waals surface area contributed by atoms with Gasteiger partial charge in [-0.3, -0.25) is 0 Å². The molecule has 3 heterocycles. The number of benzene rings is 2. The van der Waals surface area contributed by atoms with Gasteiger partial charge in [-0.15, -0.1) is 10.2 Å². The maximum Gasteiger partial charge on any atom is 0.235 e. The third-order valence-electron chi connectivity index (χ3n) is 4.51. The summed E-state index contributed by atoms with van der Waals surface area (Å²) in [5, 5.41) is 15.1. The summed E-state index contributed by atoms with van der Waals surface area (Å²) in [6.07, 6.45) is 0.909. The fourth-order valence-corrected chi connectivity index (χ4v) is 4.20. The van der Waals surface area contributed by atoms with E-state index in [1.54, 1.807) is 11.3 Å². The standard InChI is InChI=1S/C18H15ClN6S/c19-13-8-6-11(7-9-13)14-10-15(21-20-14)17-24-25-16(22-23-18(25)26-17)12-4-2-1-3-5-12/h1-9,14-15,20-21H,10H2. The molecule has 0 saturated carbocycles. The zero-order valence-electron chi connectivity index (χ0n) is 13.6. The van der Waals surface area contributed by atoms with Crippen LogP contribution in [0.4, 0.5) is 0 Å². The van der Waals surface area contributed by atoms with Gasteiger partial charge in [0.25, 0.3) is 0 Å². The minimum absolute atomic E-state index is 0.131. The van der Waals surface area contributed by atoms with Crippen LogP contribution >= 0.6 is 22.9 Å². The second-order valence-corrected chi connectivity index (χ2v) is 7.63. The molecule has 0 bridgehead atoms. The summed E-state index contributed by atoms with van der Waals surface area (Å²) < 4.78 is 1.83. The van der Waals surface area contributed by atoms with Crippen molar-refractivity contribution in [2.45, 2.75) is 18.5 Å². The molecule has 5 rings (SSSR count). The van der Waals surface area contributed by atoms with Gasteiger partial charge in [-0.1, -0.05) is 65.4 Å². The molecule has 6 nitrogen and oxygen atoms in total. The Hall–Kier alpha value is -2.32. The average molecular weight is 383 g/mol. The molecular formula is C18H15ClN6S. The van der Waals surface area contributed by atoms with Gasteiger partial charge in [-0.25, -0.2) is 10.9 Å². The van der Waals surface area contributed by atoms with Crippen LogP contribution in [0.1, 0.15) is 29.1 Å². The molecule has 2 aromatic heterocycles. The van der Waals surface area contributed by atoms with Crippen molar-refractivity contribution >= 4 is 27.9 Å². The van der Waals surface area contributed by atoms with Crippen molar-refractivity contribution in [2.24, 2.45) is 0 Å². The second kappa shape index (κ2) is 6.44. The number of rotatable bonds is 3. The van der Waals surface area contributed by atoms with Crippen LogP contribution < -0.4 is 10.9 Å². The zero-order chi connectivity index (χ0) is 17.5. The van der Waals surface area contributed by atoms with Crippen LogP contribution in [-0.4, -0.2) is 19.8 Å². The van der Waals surface area contributed by atoms with E-state index < -0.39 is 0 Å². The summed E-state index contributed by atoms with van der Waals surface area (Å²) >= 11 is 7.55. The molecule has 0 aliphatic carbocycles. The molecule has 1 saturated heterocycles. The summed E-state index contributed by atoms with van der Waals surface area (Å²) in [6, 6.07) is 18.3. The third-order valence-corrected chi connectivity index (χ3v) is 5.78. The first-order valence-corrected chi connectivity index (χ1v) is 9.51. The maximum absolute atomic E-state index is 5.98. The minimum atomic E-state index is 0.131. The van der Waals surface area contributed by atoms with Crippen LogP contribution in [0.15, 0.2) is 54.6 Å². The van der Waals surface area contributed by atoms with Crippen LogP contribution in [0, 0.1) is 0 Å². The van der Waals surface area contributed by atoms with Crippen LogP contribution in [0.25, 0.3) is 16.3 Å². The highest BCUT2D eigenvalue weighted by Gasteiger charge is 2.29. The molecule has 0 amide bonds. The Labute approximate surface area is 158 Å². The summed E-state index contributed by atoms with van der Waals surface area (Å²) in [5.74, 6) is 0.767. The van der Waals surface area contributed by atoms with Gasteiger partial charge >= 0.3 is 0 Å². The average Bonchev–Trinajstić information content (AvgIpc) is 3.38. The number of fused-ring (bicyclic) bond motifs is 1. The first-order valence-electron chi connectivity index (χ1n) is 8.32. The highest BCUT2D eigenvalue weighted by atomic mass is 35.5. The molecule has 0 radical (unpaired) electrons. The van der Waals surface area contributed by atoms with Gasteiger partial charge < -0.3 is 0 Å². The minimum Gasteiger partial charge on any atom is -0.250 e. The Bertz CT molecular complexity index is 1040. The van der Waals surface area contributed by atoms with E-state index in [-0.39, 0.29) is 12.1 Å². The van der Waals surface area contributed by atoms with E-state index in [1.807, 2.05) is 47.0 Å². The molecule has 2 unspecified atom stereocenters. The van der Waals surface area contributed by atoms with Crippen LogP contribution in [0.3, 0.4) is 0 Å². The van der Waals surface area contributed by atoms with Crippen molar-refractivity contribution in [3.8, 4) is 11.4 Å². The molecule has 2 atom stereocenters. The number of nitrogens with one attached hydrogen (secondary N) is 2. The van der Waals surface area contributed by atoms with E-state index >= 15 is 0 Å². The number of hydrazine groups is 1. The van der Waals surface area contributed by atoms with Crippen LogP contribution in [-0.2, 0) is 0 Å². The predicted octanol–water partition coefficient (Wildman–Crippen LogP) is 3.79. The SMILES string of the molecule is Clc1ccc(C2CC(c3nn4c(-c5ccccc5)nnc4s3)NN2)cc1. The molecule has 130 valence electrons. The van der Waals surface area contributed by atoms with E-state index in [0.717, 1.165) is 32.8 Å². The van der Waals surface area contributed by atoms with Crippen LogP contribution in [0.2, 0.25) is 5.02 Å². The fourth-order valence-electron chi connectivity index (χ4n) is 3.17. The number of hydrogen-bond donors (Lipinski definition) is 2. The Morgan fingerprint density at radius 2 is 1.73 bits per heavy atom. The Morgan fingerprint density at radius 3 is 2.54 bits per heavy atom. The molecule has 2 N–H and O–H groups in total. The largest absolute Gasteiger partial charge is 0.250 e. The van der Waals surface area contributed by atoms with Gasteiger partial charge in [-0.05, 0) is 24.1 Å². The van der Waals surface area contributed by atoms with Crippen molar-refractivity contribution in [3.63, 3.8) is 0 Å². The molecule has 1 fully saturated rings. The summed E-state index contributed by atoms with van der Waals surface area (Å²) in [7, 11) is 0. The summed E-state index contributed by atoms with van der Waals surface area (Å²) in [4.78, 5) is 0.801. The number of aromatic nitrogens is 4. The predicted molar refractivity (Wildman–Crippen MR) is 102 cm³/mol. The molecule has 2 aromatic carbocycles. The lowest BCUT2D eigenvalue weighted by atomic mass is 10.0. The van der Waals surface area contributed by atoms with E-state index in [4.69, 9.17) is 16.7 Å². The molecule has 1 aliphatic rings. The first kappa shape index (κ1) is 15.9. The van der Waals surface area contributed by atoms with Crippen LogP contribution in [0.5, 0.6) is 0 Å². The lowest BCUT2D eigenvalue weighted by Gasteiger charge is -2.09. The Balaban J connectivity index is 1.42. The summed E-state index contributed by atoms with van der Waals surface area (Å²) in [6.45, 7) is 0. The maximum atomic E-state index is 5.98. The summed E-state index contributed by atoms with van der Waals surface area (Å²) in [5.41, 5.74) is 8.92. The van der Waals surface area contributed by atoms with Gasteiger partial charge in [0.2, 0.25) is 4.96 Å². The molecule has 0 spiro atoms. The first-order chi connectivity index (χ1) is 12.8. The quantitative estimate of drug-likeness (QED) is 0.564. The van der Waals surface area contributed by atoms with Gasteiger partial charge in [0.05, 0.1) is 6.04 Å². The Morgan fingerprint density at radius 1 is 0.962 bits per heavy atom. The van der Waals surface area contributed by atoms with Gasteiger partial charge in [0.15, 0.2) is 5.82 Å². The van der Waals surface area contributed by atoms with E-state index in [1.165, 1.54) is 5.56 Å². The van der Waals surface area contributed by atoms with Gasteiger partial charge in [0.1, 0.15) is 5.01 Å². The molecule has 4 aromatic rings. The fraction of sp³-hybridized carbons (Fsp3) is 0.167. The van der Waals surface area contributed by atoms with E-state index in [9.17, 15) is 0 Å². The lowest BCUT2D eigenvalue weighted by Crippen LogP contribution is -2.26. The topological polar surface area (TPSA) is 67.1 Å². The number of halogens is 1. The normalized spacial score (nSPS) is 20.0. The smallest absolute Gasteiger partial charge is 0.235 e.